The lowest BCUT2D eigenvalue weighted by Gasteiger charge is -2.26. The zero-order valence-electron chi connectivity index (χ0n) is 14.4. The van der Waals surface area contributed by atoms with E-state index >= 15 is 0 Å². The molecule has 1 fully saturated rings. The summed E-state index contributed by atoms with van der Waals surface area (Å²) >= 11 is 1.56. The molecule has 132 valence electrons. The fourth-order valence-electron chi connectivity index (χ4n) is 2.76. The lowest BCUT2D eigenvalue weighted by atomic mass is 10.1. The predicted octanol–water partition coefficient (Wildman–Crippen LogP) is 2.48. The molecule has 3 rings (SSSR count). The number of hydrogen-bond acceptors (Lipinski definition) is 5. The first-order valence-corrected chi connectivity index (χ1v) is 9.04. The third-order valence-corrected chi connectivity index (χ3v) is 4.96. The van der Waals surface area contributed by atoms with Crippen LogP contribution in [0.3, 0.4) is 0 Å². The summed E-state index contributed by atoms with van der Waals surface area (Å²) in [6.07, 6.45) is 0.329. The van der Waals surface area contributed by atoms with Crippen molar-refractivity contribution in [3.8, 4) is 11.3 Å². The van der Waals surface area contributed by atoms with Gasteiger partial charge in [-0.2, -0.15) is 0 Å². The zero-order valence-corrected chi connectivity index (χ0v) is 15.2. The van der Waals surface area contributed by atoms with E-state index in [2.05, 4.69) is 10.3 Å². The third-order valence-electron chi connectivity index (χ3n) is 3.99. The topological polar surface area (TPSA) is 71.5 Å². The lowest BCUT2D eigenvalue weighted by molar-refractivity contribution is -0.134. The Hall–Kier alpha value is -2.25. The van der Waals surface area contributed by atoms with Crippen LogP contribution in [0.2, 0.25) is 0 Å². The SMILES string of the molecule is CC(=O)Nc1ccc(-c2nc(CC(=O)N3CCOCC3)sc2C)cc1. The normalized spacial score (nSPS) is 14.4. The molecule has 1 aliphatic rings. The number of benzene rings is 1. The molecule has 1 saturated heterocycles. The molecular weight excluding hydrogens is 338 g/mol. The molecule has 0 aliphatic carbocycles. The molecule has 0 bridgehead atoms. The highest BCUT2D eigenvalue weighted by Crippen LogP contribution is 2.29. The Morgan fingerprint density at radius 2 is 1.92 bits per heavy atom. The van der Waals surface area contributed by atoms with Crippen molar-refractivity contribution in [1.29, 1.82) is 0 Å². The minimum Gasteiger partial charge on any atom is -0.378 e. The molecule has 0 saturated carbocycles. The monoisotopic (exact) mass is 359 g/mol. The molecule has 6 nitrogen and oxygen atoms in total. The van der Waals surface area contributed by atoms with E-state index in [9.17, 15) is 9.59 Å². The maximum absolute atomic E-state index is 12.4. The maximum Gasteiger partial charge on any atom is 0.229 e. The van der Waals surface area contributed by atoms with Crippen LogP contribution < -0.4 is 5.32 Å². The van der Waals surface area contributed by atoms with Crippen molar-refractivity contribution in [3.05, 3.63) is 34.2 Å². The molecule has 2 aromatic rings. The number of nitrogens with zero attached hydrogens (tertiary/aromatic N) is 2. The average Bonchev–Trinajstić information content (AvgIpc) is 2.96. The molecule has 1 N–H and O–H groups in total. The van der Waals surface area contributed by atoms with Gasteiger partial charge in [-0.1, -0.05) is 12.1 Å². The van der Waals surface area contributed by atoms with E-state index in [-0.39, 0.29) is 11.8 Å². The highest BCUT2D eigenvalue weighted by atomic mass is 32.1. The van der Waals surface area contributed by atoms with E-state index in [0.29, 0.717) is 32.7 Å². The van der Waals surface area contributed by atoms with E-state index in [4.69, 9.17) is 4.74 Å². The van der Waals surface area contributed by atoms with Gasteiger partial charge in [0.05, 0.1) is 25.3 Å². The number of amides is 2. The molecule has 0 unspecified atom stereocenters. The number of morpholine rings is 1. The van der Waals surface area contributed by atoms with Crippen LogP contribution in [0.15, 0.2) is 24.3 Å². The van der Waals surface area contributed by atoms with Crippen molar-refractivity contribution in [2.24, 2.45) is 0 Å². The van der Waals surface area contributed by atoms with Crippen molar-refractivity contribution in [1.82, 2.24) is 9.88 Å². The number of carbonyl (C=O) groups is 2. The van der Waals surface area contributed by atoms with Gasteiger partial charge in [0.25, 0.3) is 0 Å². The summed E-state index contributed by atoms with van der Waals surface area (Å²) in [6.45, 7) is 6.01. The number of ether oxygens (including phenoxy) is 1. The van der Waals surface area contributed by atoms with E-state index in [1.807, 2.05) is 36.1 Å². The average molecular weight is 359 g/mol. The van der Waals surface area contributed by atoms with Gasteiger partial charge in [0.2, 0.25) is 11.8 Å². The van der Waals surface area contributed by atoms with Crippen LogP contribution in [-0.2, 0) is 20.7 Å². The Morgan fingerprint density at radius 1 is 1.24 bits per heavy atom. The number of anilines is 1. The lowest BCUT2D eigenvalue weighted by Crippen LogP contribution is -2.41. The van der Waals surface area contributed by atoms with Gasteiger partial charge in [-0.15, -0.1) is 11.3 Å². The standard InChI is InChI=1S/C18H21N3O3S/c1-12-18(14-3-5-15(6-4-14)19-13(2)22)20-16(25-12)11-17(23)21-7-9-24-10-8-21/h3-6H,7-11H2,1-2H3,(H,19,22). The number of nitrogens with one attached hydrogen (secondary N) is 1. The van der Waals surface area contributed by atoms with Crippen LogP contribution in [-0.4, -0.2) is 48.0 Å². The molecule has 2 amide bonds. The predicted molar refractivity (Wildman–Crippen MR) is 97.7 cm³/mol. The highest BCUT2D eigenvalue weighted by Gasteiger charge is 2.19. The van der Waals surface area contributed by atoms with Gasteiger partial charge in [-0.25, -0.2) is 4.98 Å². The summed E-state index contributed by atoms with van der Waals surface area (Å²) in [5.74, 6) is 0.00565. The number of aryl methyl sites for hydroxylation is 1. The number of rotatable bonds is 4. The summed E-state index contributed by atoms with van der Waals surface area (Å²) in [7, 11) is 0. The van der Waals surface area contributed by atoms with Gasteiger partial charge in [0.1, 0.15) is 5.01 Å². The van der Waals surface area contributed by atoms with Crippen LogP contribution in [0.25, 0.3) is 11.3 Å². The largest absolute Gasteiger partial charge is 0.378 e. The summed E-state index contributed by atoms with van der Waals surface area (Å²) in [5, 5.41) is 3.58. The second-order valence-electron chi connectivity index (χ2n) is 5.94. The number of hydrogen-bond donors (Lipinski definition) is 1. The fourth-order valence-corrected chi connectivity index (χ4v) is 3.71. The van der Waals surface area contributed by atoms with Crippen LogP contribution >= 0.6 is 11.3 Å². The number of thiazole rings is 1. The van der Waals surface area contributed by atoms with Gasteiger partial charge in [0, 0.05) is 36.1 Å². The van der Waals surface area contributed by atoms with Crippen LogP contribution in [0, 0.1) is 6.92 Å². The Bertz CT molecular complexity index is 764. The highest BCUT2D eigenvalue weighted by molar-refractivity contribution is 7.12. The number of aromatic nitrogens is 1. The van der Waals surface area contributed by atoms with Gasteiger partial charge in [-0.05, 0) is 19.1 Å². The maximum atomic E-state index is 12.4. The minimum atomic E-state index is -0.0958. The summed E-state index contributed by atoms with van der Waals surface area (Å²) in [5.41, 5.74) is 2.63. The first-order chi connectivity index (χ1) is 12.0. The van der Waals surface area contributed by atoms with Crippen molar-refractivity contribution in [2.45, 2.75) is 20.3 Å². The Labute approximate surface area is 150 Å². The molecule has 0 atom stereocenters. The third kappa shape index (κ3) is 4.43. The first kappa shape index (κ1) is 17.6. The molecule has 1 aromatic carbocycles. The quantitative estimate of drug-likeness (QED) is 0.910. The molecule has 7 heteroatoms. The zero-order chi connectivity index (χ0) is 17.8. The first-order valence-electron chi connectivity index (χ1n) is 8.23. The molecule has 1 aromatic heterocycles. The van der Waals surface area contributed by atoms with Crippen molar-refractivity contribution in [3.63, 3.8) is 0 Å². The van der Waals surface area contributed by atoms with E-state index in [0.717, 1.165) is 26.8 Å². The summed E-state index contributed by atoms with van der Waals surface area (Å²) in [6, 6.07) is 7.57. The Morgan fingerprint density at radius 3 is 2.56 bits per heavy atom. The summed E-state index contributed by atoms with van der Waals surface area (Å²) in [4.78, 5) is 31.0. The molecule has 0 radical (unpaired) electrons. The second-order valence-corrected chi connectivity index (χ2v) is 7.23. The molecule has 25 heavy (non-hydrogen) atoms. The van der Waals surface area contributed by atoms with E-state index in [1.54, 1.807) is 11.3 Å². The van der Waals surface area contributed by atoms with Gasteiger partial charge < -0.3 is 15.0 Å². The van der Waals surface area contributed by atoms with Crippen molar-refractivity contribution >= 4 is 28.8 Å². The molecule has 1 aliphatic heterocycles. The Kier molecular flexibility index (Phi) is 5.45. The number of carbonyl (C=O) groups excluding carboxylic acids is 2. The van der Waals surface area contributed by atoms with Gasteiger partial charge in [-0.3, -0.25) is 9.59 Å². The summed E-state index contributed by atoms with van der Waals surface area (Å²) < 4.78 is 5.28. The minimum absolute atomic E-state index is 0.0958. The van der Waals surface area contributed by atoms with Crippen LogP contribution in [0.1, 0.15) is 16.8 Å². The van der Waals surface area contributed by atoms with Crippen LogP contribution in [0.4, 0.5) is 5.69 Å². The molecule has 2 heterocycles. The van der Waals surface area contributed by atoms with Crippen molar-refractivity contribution < 1.29 is 14.3 Å². The fraction of sp³-hybridized carbons (Fsp3) is 0.389. The van der Waals surface area contributed by atoms with E-state index < -0.39 is 0 Å². The second kappa shape index (κ2) is 7.76. The smallest absolute Gasteiger partial charge is 0.229 e. The van der Waals surface area contributed by atoms with Crippen molar-refractivity contribution in [2.75, 3.05) is 31.6 Å². The Balaban J connectivity index is 1.71. The molecular formula is C18H21N3O3S. The molecule has 0 spiro atoms. The van der Waals surface area contributed by atoms with Gasteiger partial charge in [0.15, 0.2) is 0 Å². The van der Waals surface area contributed by atoms with E-state index in [1.165, 1.54) is 6.92 Å². The van der Waals surface area contributed by atoms with Gasteiger partial charge >= 0.3 is 0 Å². The van der Waals surface area contributed by atoms with Crippen LogP contribution in [0.5, 0.6) is 0 Å².